The first-order valence-corrected chi connectivity index (χ1v) is 4.47. The summed E-state index contributed by atoms with van der Waals surface area (Å²) >= 11 is 3.23. The van der Waals surface area contributed by atoms with Gasteiger partial charge < -0.3 is 9.15 Å². The van der Waals surface area contributed by atoms with Gasteiger partial charge in [-0.05, 0) is 6.92 Å². The highest BCUT2D eigenvalue weighted by Gasteiger charge is 2.36. The second-order valence-electron chi connectivity index (χ2n) is 2.75. The van der Waals surface area contributed by atoms with Crippen LogP contribution in [0, 0.1) is 6.92 Å². The van der Waals surface area contributed by atoms with Gasteiger partial charge in [-0.2, -0.15) is 0 Å². The summed E-state index contributed by atoms with van der Waals surface area (Å²) in [4.78, 5) is 15.3. The minimum atomic E-state index is -0.931. The van der Waals surface area contributed by atoms with Gasteiger partial charge >= 0.3 is 5.97 Å². The molecule has 13 heavy (non-hydrogen) atoms. The van der Waals surface area contributed by atoms with Gasteiger partial charge in [0.05, 0.1) is 7.11 Å². The summed E-state index contributed by atoms with van der Waals surface area (Å²) in [5.74, 6) is 0.116. The average Bonchev–Trinajstić information content (AvgIpc) is 2.50. The Bertz CT molecular complexity index is 319. The zero-order chi connectivity index (χ0) is 10.1. The van der Waals surface area contributed by atoms with Crippen LogP contribution in [0.2, 0.25) is 0 Å². The van der Waals surface area contributed by atoms with Crippen molar-refractivity contribution in [1.82, 2.24) is 4.98 Å². The number of rotatable bonds is 2. The number of hydrogen-bond acceptors (Lipinski definition) is 4. The fourth-order valence-electron chi connectivity index (χ4n) is 0.875. The van der Waals surface area contributed by atoms with E-state index in [1.54, 1.807) is 13.8 Å². The smallest absolute Gasteiger partial charge is 0.328 e. The van der Waals surface area contributed by atoms with Crippen molar-refractivity contribution in [2.24, 2.45) is 0 Å². The molecule has 0 aliphatic rings. The van der Waals surface area contributed by atoms with Crippen LogP contribution in [-0.4, -0.2) is 18.1 Å². The molecule has 72 valence electrons. The molecule has 0 aromatic carbocycles. The number of hydrogen-bond donors (Lipinski definition) is 0. The Hall–Kier alpha value is -0.840. The predicted octanol–water partition coefficient (Wildman–Crippen LogP) is 1.77. The van der Waals surface area contributed by atoms with Crippen LogP contribution in [0.25, 0.3) is 0 Å². The summed E-state index contributed by atoms with van der Waals surface area (Å²) < 4.78 is 8.68. The number of nitrogens with zero attached hydrogens (tertiary/aromatic N) is 1. The number of carbonyl (C=O) groups is 1. The van der Waals surface area contributed by atoms with Crippen LogP contribution in [0.15, 0.2) is 10.7 Å². The maximum atomic E-state index is 11.3. The third-order valence-corrected chi connectivity index (χ3v) is 2.40. The Morgan fingerprint density at radius 1 is 1.77 bits per heavy atom. The normalized spacial score (nSPS) is 15.1. The lowest BCUT2D eigenvalue weighted by molar-refractivity contribution is -0.143. The summed E-state index contributed by atoms with van der Waals surface area (Å²) in [6.07, 6.45) is 1.43. The van der Waals surface area contributed by atoms with Gasteiger partial charge in [0.1, 0.15) is 12.0 Å². The van der Waals surface area contributed by atoms with E-state index in [-0.39, 0.29) is 0 Å². The summed E-state index contributed by atoms with van der Waals surface area (Å²) in [6.45, 7) is 3.37. The van der Waals surface area contributed by atoms with Crippen molar-refractivity contribution in [3.05, 3.63) is 17.8 Å². The molecule has 4 nitrogen and oxygen atoms in total. The van der Waals surface area contributed by atoms with Crippen molar-refractivity contribution in [3.8, 4) is 0 Å². The topological polar surface area (TPSA) is 52.3 Å². The van der Waals surface area contributed by atoms with E-state index in [0.29, 0.717) is 11.6 Å². The van der Waals surface area contributed by atoms with E-state index in [2.05, 4.69) is 25.7 Å². The van der Waals surface area contributed by atoms with E-state index in [0.717, 1.165) is 0 Å². The molecule has 1 rings (SSSR count). The lowest BCUT2D eigenvalue weighted by Crippen LogP contribution is -2.27. The molecule has 1 aromatic rings. The predicted molar refractivity (Wildman–Crippen MR) is 49.5 cm³/mol. The zero-order valence-corrected chi connectivity index (χ0v) is 9.21. The molecule has 0 amide bonds. The van der Waals surface area contributed by atoms with Crippen LogP contribution in [0.4, 0.5) is 0 Å². The Morgan fingerprint density at radius 3 is 2.77 bits per heavy atom. The number of carbonyl (C=O) groups excluding carboxylic acids is 1. The van der Waals surface area contributed by atoms with Crippen LogP contribution >= 0.6 is 15.9 Å². The van der Waals surface area contributed by atoms with E-state index in [1.807, 2.05) is 0 Å². The SMILES string of the molecule is COC(=O)C(C)(Br)c1coc(C)n1. The van der Waals surface area contributed by atoms with Crippen molar-refractivity contribution in [2.75, 3.05) is 7.11 Å². The second-order valence-corrected chi connectivity index (χ2v) is 4.33. The van der Waals surface area contributed by atoms with E-state index in [1.165, 1.54) is 13.4 Å². The summed E-state index contributed by atoms with van der Waals surface area (Å²) in [6, 6.07) is 0. The third kappa shape index (κ3) is 1.91. The standard InChI is InChI=1S/C8H10BrNO3/c1-5-10-6(4-13-5)8(2,9)7(11)12-3/h4H,1-3H3. The first-order valence-electron chi connectivity index (χ1n) is 3.68. The highest BCUT2D eigenvalue weighted by molar-refractivity contribution is 9.10. The molecule has 0 aliphatic carbocycles. The average molecular weight is 248 g/mol. The molecule has 1 atom stereocenters. The van der Waals surface area contributed by atoms with Crippen LogP contribution in [-0.2, 0) is 13.9 Å². The lowest BCUT2D eigenvalue weighted by atomic mass is 10.1. The number of esters is 1. The van der Waals surface area contributed by atoms with Gasteiger partial charge in [-0.1, -0.05) is 15.9 Å². The molecule has 1 unspecified atom stereocenters. The molecule has 0 saturated heterocycles. The number of methoxy groups -OCH3 is 1. The van der Waals surface area contributed by atoms with E-state index >= 15 is 0 Å². The van der Waals surface area contributed by atoms with Crippen molar-refractivity contribution in [2.45, 2.75) is 18.2 Å². The van der Waals surface area contributed by atoms with Crippen molar-refractivity contribution in [3.63, 3.8) is 0 Å². The lowest BCUT2D eigenvalue weighted by Gasteiger charge is -2.15. The number of aromatic nitrogens is 1. The molecule has 0 radical (unpaired) electrons. The van der Waals surface area contributed by atoms with E-state index in [9.17, 15) is 4.79 Å². The van der Waals surface area contributed by atoms with Gasteiger partial charge in [0, 0.05) is 6.92 Å². The molecule has 5 heteroatoms. The Balaban J connectivity index is 2.99. The second kappa shape index (κ2) is 3.49. The van der Waals surface area contributed by atoms with Crippen LogP contribution in [0.5, 0.6) is 0 Å². The maximum absolute atomic E-state index is 11.3. The third-order valence-electron chi connectivity index (χ3n) is 1.67. The monoisotopic (exact) mass is 247 g/mol. The zero-order valence-electron chi connectivity index (χ0n) is 7.63. The van der Waals surface area contributed by atoms with E-state index < -0.39 is 10.3 Å². The molecule has 0 fully saturated rings. The highest BCUT2D eigenvalue weighted by Crippen LogP contribution is 2.31. The Kier molecular flexibility index (Phi) is 2.75. The minimum Gasteiger partial charge on any atom is -0.468 e. The molecular formula is C8H10BrNO3. The molecule has 0 aliphatic heterocycles. The van der Waals surface area contributed by atoms with Gasteiger partial charge in [-0.15, -0.1) is 0 Å². The maximum Gasteiger partial charge on any atom is 0.328 e. The molecule has 0 spiro atoms. The van der Waals surface area contributed by atoms with Gasteiger partial charge in [-0.3, -0.25) is 4.79 Å². The molecule has 1 aromatic heterocycles. The number of ether oxygens (including phenoxy) is 1. The van der Waals surface area contributed by atoms with Crippen LogP contribution < -0.4 is 0 Å². The Labute approximate surface area is 84.4 Å². The van der Waals surface area contributed by atoms with Crippen molar-refractivity contribution < 1.29 is 13.9 Å². The fourth-order valence-corrected chi connectivity index (χ4v) is 1.22. The Morgan fingerprint density at radius 2 is 2.38 bits per heavy atom. The van der Waals surface area contributed by atoms with Crippen molar-refractivity contribution >= 4 is 21.9 Å². The summed E-state index contributed by atoms with van der Waals surface area (Å²) in [7, 11) is 1.33. The molecule has 0 bridgehead atoms. The molecular weight excluding hydrogens is 238 g/mol. The summed E-state index contributed by atoms with van der Waals surface area (Å²) in [5, 5.41) is 0. The largest absolute Gasteiger partial charge is 0.468 e. The van der Waals surface area contributed by atoms with Gasteiger partial charge in [0.15, 0.2) is 10.2 Å². The quantitative estimate of drug-likeness (QED) is 0.591. The van der Waals surface area contributed by atoms with Crippen LogP contribution in [0.3, 0.4) is 0 Å². The first kappa shape index (κ1) is 10.2. The van der Waals surface area contributed by atoms with Crippen molar-refractivity contribution in [1.29, 1.82) is 0 Å². The number of aryl methyl sites for hydroxylation is 1. The van der Waals surface area contributed by atoms with Gasteiger partial charge in [0.2, 0.25) is 0 Å². The summed E-state index contributed by atoms with van der Waals surface area (Å²) in [5.41, 5.74) is 0.511. The minimum absolute atomic E-state index is 0.402. The highest BCUT2D eigenvalue weighted by atomic mass is 79.9. The molecule has 0 N–H and O–H groups in total. The first-order chi connectivity index (χ1) is 5.98. The number of oxazole rings is 1. The van der Waals surface area contributed by atoms with E-state index in [4.69, 9.17) is 4.42 Å². The fraction of sp³-hybridized carbons (Fsp3) is 0.500. The number of halogens is 1. The molecule has 1 heterocycles. The van der Waals surface area contributed by atoms with Gasteiger partial charge in [0.25, 0.3) is 0 Å². The molecule has 0 saturated carbocycles. The van der Waals surface area contributed by atoms with Gasteiger partial charge in [-0.25, -0.2) is 4.98 Å². The number of alkyl halides is 1. The van der Waals surface area contributed by atoms with Crippen LogP contribution in [0.1, 0.15) is 18.5 Å².